The third kappa shape index (κ3) is 1.86. The van der Waals surface area contributed by atoms with Crippen molar-refractivity contribution in [2.45, 2.75) is 32.1 Å². The molecule has 0 aromatic heterocycles. The normalized spacial score (nSPS) is 25.3. The summed E-state index contributed by atoms with van der Waals surface area (Å²) >= 11 is 0. The van der Waals surface area contributed by atoms with Crippen LogP contribution in [0.25, 0.3) is 0 Å². The van der Waals surface area contributed by atoms with Gasteiger partial charge in [0.25, 0.3) is 0 Å². The molecule has 2 N–H and O–H groups in total. The highest BCUT2D eigenvalue weighted by molar-refractivity contribution is 5.43. The maximum atomic E-state index is 5.92. The van der Waals surface area contributed by atoms with Crippen molar-refractivity contribution in [3.05, 3.63) is 29.3 Å². The Morgan fingerprint density at radius 3 is 3.00 bits per heavy atom. The molecule has 0 saturated carbocycles. The first-order chi connectivity index (χ1) is 7.15. The average molecular weight is 205 g/mol. The van der Waals surface area contributed by atoms with Crippen LogP contribution >= 0.6 is 0 Å². The summed E-state index contributed by atoms with van der Waals surface area (Å²) in [5.74, 6) is 1.02. The first-order valence-corrected chi connectivity index (χ1v) is 5.60. The molecule has 0 fully saturated rings. The fraction of sp³-hybridized carbons (Fsp3) is 0.538. The number of aryl methyl sites for hydroxylation is 1. The van der Waals surface area contributed by atoms with E-state index in [0.717, 1.165) is 25.2 Å². The predicted molar refractivity (Wildman–Crippen MR) is 62.3 cm³/mol. The second-order valence-corrected chi connectivity index (χ2v) is 4.72. The minimum Gasteiger partial charge on any atom is -0.493 e. The summed E-state index contributed by atoms with van der Waals surface area (Å²) in [7, 11) is 0. The molecule has 1 aliphatic heterocycles. The number of hydrogen-bond acceptors (Lipinski definition) is 2. The van der Waals surface area contributed by atoms with Crippen LogP contribution in [0.3, 0.4) is 0 Å². The van der Waals surface area contributed by atoms with E-state index < -0.39 is 0 Å². The Balaban J connectivity index is 2.52. The number of fused-ring (bicyclic) bond motifs is 1. The summed E-state index contributed by atoms with van der Waals surface area (Å²) in [6.45, 7) is 5.85. The first kappa shape index (κ1) is 10.5. The monoisotopic (exact) mass is 205 g/mol. The molecule has 1 aliphatic rings. The SMILES string of the molecule is Cc1ccc2c(c1)C(C)(CN)CCCO2. The van der Waals surface area contributed by atoms with Crippen LogP contribution in [0.15, 0.2) is 18.2 Å². The van der Waals surface area contributed by atoms with Gasteiger partial charge in [0, 0.05) is 17.5 Å². The molecule has 1 heterocycles. The highest BCUT2D eigenvalue weighted by Crippen LogP contribution is 2.37. The van der Waals surface area contributed by atoms with Crippen molar-refractivity contribution in [3.8, 4) is 5.75 Å². The van der Waals surface area contributed by atoms with E-state index in [-0.39, 0.29) is 5.41 Å². The fourth-order valence-electron chi connectivity index (χ4n) is 2.23. The molecular weight excluding hydrogens is 186 g/mol. The van der Waals surface area contributed by atoms with Crippen molar-refractivity contribution in [2.75, 3.05) is 13.2 Å². The molecule has 0 amide bonds. The molecule has 2 rings (SSSR count). The van der Waals surface area contributed by atoms with Crippen molar-refractivity contribution in [3.63, 3.8) is 0 Å². The van der Waals surface area contributed by atoms with Gasteiger partial charge in [-0.25, -0.2) is 0 Å². The number of ether oxygens (including phenoxy) is 1. The van der Waals surface area contributed by atoms with Crippen LogP contribution in [0.4, 0.5) is 0 Å². The van der Waals surface area contributed by atoms with E-state index in [2.05, 4.69) is 32.0 Å². The molecule has 0 spiro atoms. The molecule has 1 atom stereocenters. The van der Waals surface area contributed by atoms with Gasteiger partial charge in [-0.15, -0.1) is 0 Å². The summed E-state index contributed by atoms with van der Waals surface area (Å²) in [5, 5.41) is 0. The van der Waals surface area contributed by atoms with Gasteiger partial charge >= 0.3 is 0 Å². The molecule has 0 aliphatic carbocycles. The van der Waals surface area contributed by atoms with Crippen molar-refractivity contribution in [1.82, 2.24) is 0 Å². The molecule has 1 aromatic rings. The minimum absolute atomic E-state index is 0.0812. The molecule has 0 bridgehead atoms. The summed E-state index contributed by atoms with van der Waals surface area (Å²) in [6.07, 6.45) is 2.20. The van der Waals surface area contributed by atoms with E-state index in [0.29, 0.717) is 6.54 Å². The largest absolute Gasteiger partial charge is 0.493 e. The quantitative estimate of drug-likeness (QED) is 0.764. The average Bonchev–Trinajstić information content (AvgIpc) is 2.40. The molecule has 2 nitrogen and oxygen atoms in total. The summed E-state index contributed by atoms with van der Waals surface area (Å²) in [5.41, 5.74) is 8.55. The Kier molecular flexibility index (Phi) is 2.70. The third-order valence-electron chi connectivity index (χ3n) is 3.37. The molecule has 0 saturated heterocycles. The van der Waals surface area contributed by atoms with Gasteiger partial charge in [-0.3, -0.25) is 0 Å². The molecule has 15 heavy (non-hydrogen) atoms. The molecule has 1 unspecified atom stereocenters. The summed E-state index contributed by atoms with van der Waals surface area (Å²) in [4.78, 5) is 0. The predicted octanol–water partition coefficient (Wildman–Crippen LogP) is 2.38. The standard InChI is InChI=1S/C13H19NO/c1-10-4-5-12-11(8-10)13(2,9-14)6-3-7-15-12/h4-5,8H,3,6-7,9,14H2,1-2H3. The smallest absolute Gasteiger partial charge is 0.123 e. The minimum atomic E-state index is 0.0812. The fourth-order valence-corrected chi connectivity index (χ4v) is 2.23. The lowest BCUT2D eigenvalue weighted by molar-refractivity contribution is 0.313. The lowest BCUT2D eigenvalue weighted by atomic mass is 9.78. The van der Waals surface area contributed by atoms with Crippen LogP contribution in [-0.4, -0.2) is 13.2 Å². The Labute approximate surface area is 91.4 Å². The topological polar surface area (TPSA) is 35.2 Å². The maximum absolute atomic E-state index is 5.92. The zero-order valence-corrected chi connectivity index (χ0v) is 9.55. The van der Waals surface area contributed by atoms with Gasteiger partial charge in [-0.1, -0.05) is 24.6 Å². The highest BCUT2D eigenvalue weighted by Gasteiger charge is 2.30. The second kappa shape index (κ2) is 3.86. The van der Waals surface area contributed by atoms with Crippen molar-refractivity contribution < 1.29 is 4.74 Å². The molecule has 1 aromatic carbocycles. The van der Waals surface area contributed by atoms with E-state index in [9.17, 15) is 0 Å². The Bertz CT molecular complexity index is 362. The lowest BCUT2D eigenvalue weighted by Gasteiger charge is -2.27. The number of nitrogens with two attached hydrogens (primary N) is 1. The van der Waals surface area contributed by atoms with Crippen LogP contribution in [0.2, 0.25) is 0 Å². The van der Waals surface area contributed by atoms with Gasteiger partial charge in [0.05, 0.1) is 6.61 Å². The lowest BCUT2D eigenvalue weighted by Crippen LogP contribution is -2.31. The molecule has 0 radical (unpaired) electrons. The Hall–Kier alpha value is -1.02. The van der Waals surface area contributed by atoms with E-state index in [1.807, 2.05) is 0 Å². The van der Waals surface area contributed by atoms with Gasteiger partial charge in [-0.05, 0) is 25.8 Å². The van der Waals surface area contributed by atoms with Crippen LogP contribution in [-0.2, 0) is 5.41 Å². The third-order valence-corrected chi connectivity index (χ3v) is 3.37. The van der Waals surface area contributed by atoms with E-state index >= 15 is 0 Å². The number of hydrogen-bond donors (Lipinski definition) is 1. The van der Waals surface area contributed by atoms with Gasteiger partial charge < -0.3 is 10.5 Å². The summed E-state index contributed by atoms with van der Waals surface area (Å²) < 4.78 is 5.75. The Morgan fingerprint density at radius 2 is 2.27 bits per heavy atom. The number of rotatable bonds is 1. The van der Waals surface area contributed by atoms with E-state index in [1.54, 1.807) is 0 Å². The maximum Gasteiger partial charge on any atom is 0.123 e. The summed E-state index contributed by atoms with van der Waals surface area (Å²) in [6, 6.07) is 6.39. The molecular formula is C13H19NO. The van der Waals surface area contributed by atoms with Crippen molar-refractivity contribution >= 4 is 0 Å². The van der Waals surface area contributed by atoms with Gasteiger partial charge in [0.1, 0.15) is 5.75 Å². The first-order valence-electron chi connectivity index (χ1n) is 5.60. The van der Waals surface area contributed by atoms with Crippen molar-refractivity contribution in [1.29, 1.82) is 0 Å². The Morgan fingerprint density at radius 1 is 1.47 bits per heavy atom. The van der Waals surface area contributed by atoms with Crippen LogP contribution in [0, 0.1) is 6.92 Å². The van der Waals surface area contributed by atoms with E-state index in [4.69, 9.17) is 10.5 Å². The van der Waals surface area contributed by atoms with Crippen molar-refractivity contribution in [2.24, 2.45) is 5.73 Å². The number of benzene rings is 1. The van der Waals surface area contributed by atoms with Crippen LogP contribution in [0.1, 0.15) is 30.9 Å². The van der Waals surface area contributed by atoms with E-state index in [1.165, 1.54) is 11.1 Å². The highest BCUT2D eigenvalue weighted by atomic mass is 16.5. The van der Waals surface area contributed by atoms with Gasteiger partial charge in [0.15, 0.2) is 0 Å². The molecule has 2 heteroatoms. The van der Waals surface area contributed by atoms with Gasteiger partial charge in [-0.2, -0.15) is 0 Å². The molecule has 82 valence electrons. The van der Waals surface area contributed by atoms with Gasteiger partial charge in [0.2, 0.25) is 0 Å². The second-order valence-electron chi connectivity index (χ2n) is 4.72. The zero-order chi connectivity index (χ0) is 10.9. The van der Waals surface area contributed by atoms with Crippen LogP contribution < -0.4 is 10.5 Å². The van der Waals surface area contributed by atoms with Crippen LogP contribution in [0.5, 0.6) is 5.75 Å². The zero-order valence-electron chi connectivity index (χ0n) is 9.55.